The number of benzene rings is 1. The molecule has 0 unspecified atom stereocenters. The number of para-hydroxylation sites is 1. The van der Waals surface area contributed by atoms with Crippen molar-refractivity contribution in [3.8, 4) is 0 Å². The maximum absolute atomic E-state index is 12.7. The Labute approximate surface area is 174 Å². The van der Waals surface area contributed by atoms with Crippen LogP contribution in [0.5, 0.6) is 0 Å². The van der Waals surface area contributed by atoms with Gasteiger partial charge in [0.2, 0.25) is 11.8 Å². The molecule has 9 heteroatoms. The van der Waals surface area contributed by atoms with E-state index in [0.717, 1.165) is 0 Å². The summed E-state index contributed by atoms with van der Waals surface area (Å²) in [5.74, 6) is 0.271. The van der Waals surface area contributed by atoms with Crippen LogP contribution in [0.1, 0.15) is 50.3 Å². The van der Waals surface area contributed by atoms with Crippen molar-refractivity contribution in [1.29, 1.82) is 0 Å². The number of carbonyl (C=O) groups excluding carboxylic acids is 3. The molecule has 2 amide bonds. The normalized spacial score (nSPS) is 12.0. The van der Waals surface area contributed by atoms with Crippen molar-refractivity contribution in [2.75, 3.05) is 5.32 Å². The average Bonchev–Trinajstić information content (AvgIpc) is 3.01. The Hall–Kier alpha value is -2.68. The fourth-order valence-corrected chi connectivity index (χ4v) is 3.60. The Kier molecular flexibility index (Phi) is 7.95. The molecule has 1 aromatic heterocycles. The van der Waals surface area contributed by atoms with Crippen LogP contribution >= 0.6 is 11.8 Å². The van der Waals surface area contributed by atoms with Crippen LogP contribution in [0.15, 0.2) is 29.4 Å². The molecule has 0 aliphatic carbocycles. The van der Waals surface area contributed by atoms with Gasteiger partial charge in [0.05, 0.1) is 10.9 Å². The highest BCUT2D eigenvalue weighted by Crippen LogP contribution is 2.25. The number of primary amides is 1. The molecule has 1 aromatic carbocycles. The summed E-state index contributed by atoms with van der Waals surface area (Å²) in [4.78, 5) is 35.6. The number of nitrogens with one attached hydrogen (secondary N) is 1. The number of nitrogens with two attached hydrogens (primary N) is 1. The fraction of sp³-hybridized carbons (Fsp3) is 0.450. The summed E-state index contributed by atoms with van der Waals surface area (Å²) < 4.78 is 1.94. The van der Waals surface area contributed by atoms with Crippen molar-refractivity contribution >= 4 is 35.0 Å². The molecule has 0 fully saturated rings. The molecule has 2 rings (SSSR count). The van der Waals surface area contributed by atoms with Gasteiger partial charge >= 0.3 is 0 Å². The summed E-state index contributed by atoms with van der Waals surface area (Å²) in [6.07, 6.45) is 0.598. The van der Waals surface area contributed by atoms with Crippen molar-refractivity contribution < 1.29 is 14.4 Å². The van der Waals surface area contributed by atoms with Gasteiger partial charge in [-0.05, 0) is 31.9 Å². The van der Waals surface area contributed by atoms with E-state index in [0.29, 0.717) is 41.1 Å². The maximum Gasteiger partial charge on any atom is 0.237 e. The number of aromatic nitrogens is 3. The summed E-state index contributed by atoms with van der Waals surface area (Å²) in [5, 5.41) is 11.4. The van der Waals surface area contributed by atoms with Crippen LogP contribution in [0.2, 0.25) is 0 Å². The topological polar surface area (TPSA) is 120 Å². The highest BCUT2D eigenvalue weighted by molar-refractivity contribution is 8.00. The largest absolute Gasteiger partial charge is 0.370 e. The van der Waals surface area contributed by atoms with Crippen LogP contribution in [0, 0.1) is 5.92 Å². The first-order valence-electron chi connectivity index (χ1n) is 9.46. The van der Waals surface area contributed by atoms with E-state index in [1.807, 2.05) is 4.57 Å². The van der Waals surface area contributed by atoms with E-state index in [1.54, 1.807) is 31.2 Å². The highest BCUT2D eigenvalue weighted by Gasteiger charge is 2.22. The smallest absolute Gasteiger partial charge is 0.237 e. The molecule has 0 spiro atoms. The highest BCUT2D eigenvalue weighted by atomic mass is 32.2. The number of ketones is 1. The molecule has 2 aromatic rings. The van der Waals surface area contributed by atoms with E-state index in [2.05, 4.69) is 29.4 Å². The van der Waals surface area contributed by atoms with Crippen LogP contribution in [-0.4, -0.2) is 37.6 Å². The van der Waals surface area contributed by atoms with E-state index in [-0.39, 0.29) is 18.1 Å². The zero-order valence-corrected chi connectivity index (χ0v) is 18.0. The molecule has 29 heavy (non-hydrogen) atoms. The molecular formula is C20H27N5O3S. The standard InChI is InChI=1S/C20H27N5O3S/c1-12(2)11-25-18(10-9-17(21)27)23-24-20(25)29-14(4)19(28)22-16-8-6-5-7-15(16)13(3)26/h5-8,12,14H,9-11H2,1-4H3,(H2,21,27)(H,22,28)/t14-/m0/s1. The molecule has 0 saturated heterocycles. The number of anilines is 1. The Bertz CT molecular complexity index is 894. The van der Waals surface area contributed by atoms with Gasteiger partial charge in [-0.1, -0.05) is 37.7 Å². The lowest BCUT2D eigenvalue weighted by molar-refractivity contribution is -0.118. The second-order valence-corrected chi connectivity index (χ2v) is 8.53. The molecule has 1 heterocycles. The zero-order valence-electron chi connectivity index (χ0n) is 17.1. The summed E-state index contributed by atoms with van der Waals surface area (Å²) in [7, 11) is 0. The third-order valence-corrected chi connectivity index (χ3v) is 5.23. The van der Waals surface area contributed by atoms with Crippen LogP contribution in [0.3, 0.4) is 0 Å². The Balaban J connectivity index is 2.15. The fourth-order valence-electron chi connectivity index (χ4n) is 2.72. The van der Waals surface area contributed by atoms with Gasteiger partial charge in [-0.3, -0.25) is 14.4 Å². The number of carbonyl (C=O) groups is 3. The number of hydrogen-bond acceptors (Lipinski definition) is 6. The lowest BCUT2D eigenvalue weighted by atomic mass is 10.1. The lowest BCUT2D eigenvalue weighted by Crippen LogP contribution is -2.24. The predicted octanol–water partition coefficient (Wildman–Crippen LogP) is 2.67. The van der Waals surface area contributed by atoms with E-state index < -0.39 is 11.2 Å². The van der Waals surface area contributed by atoms with Gasteiger partial charge in [-0.2, -0.15) is 0 Å². The zero-order chi connectivity index (χ0) is 21.6. The molecule has 0 saturated carbocycles. The first-order chi connectivity index (χ1) is 13.7. The monoisotopic (exact) mass is 417 g/mol. The summed E-state index contributed by atoms with van der Waals surface area (Å²) in [6.45, 7) is 8.05. The van der Waals surface area contributed by atoms with E-state index >= 15 is 0 Å². The molecular weight excluding hydrogens is 390 g/mol. The maximum atomic E-state index is 12.7. The summed E-state index contributed by atoms with van der Waals surface area (Å²) >= 11 is 1.29. The molecule has 0 radical (unpaired) electrons. The number of thioether (sulfide) groups is 1. The molecule has 0 bridgehead atoms. The van der Waals surface area contributed by atoms with Crippen molar-refractivity contribution in [1.82, 2.24) is 14.8 Å². The minimum Gasteiger partial charge on any atom is -0.370 e. The molecule has 1 atom stereocenters. The third kappa shape index (κ3) is 6.42. The van der Waals surface area contributed by atoms with E-state index in [9.17, 15) is 14.4 Å². The van der Waals surface area contributed by atoms with Gasteiger partial charge < -0.3 is 15.6 Å². The Morgan fingerprint density at radius 2 is 1.86 bits per heavy atom. The van der Waals surface area contributed by atoms with Crippen LogP contribution in [0.25, 0.3) is 0 Å². The quantitative estimate of drug-likeness (QED) is 0.453. The van der Waals surface area contributed by atoms with Gasteiger partial charge in [0.1, 0.15) is 5.82 Å². The minimum atomic E-state index is -0.464. The second kappa shape index (κ2) is 10.2. The number of rotatable bonds is 10. The van der Waals surface area contributed by atoms with Gasteiger partial charge in [0.25, 0.3) is 0 Å². The van der Waals surface area contributed by atoms with Crippen molar-refractivity contribution in [3.63, 3.8) is 0 Å². The summed E-state index contributed by atoms with van der Waals surface area (Å²) in [6, 6.07) is 6.91. The number of aryl methyl sites for hydroxylation is 1. The summed E-state index contributed by atoms with van der Waals surface area (Å²) in [5.41, 5.74) is 6.20. The predicted molar refractivity (Wildman–Crippen MR) is 113 cm³/mol. The molecule has 0 aliphatic heterocycles. The van der Waals surface area contributed by atoms with Gasteiger partial charge in [0, 0.05) is 24.9 Å². The number of hydrogen-bond donors (Lipinski definition) is 2. The number of nitrogens with zero attached hydrogens (tertiary/aromatic N) is 3. The molecule has 156 valence electrons. The van der Waals surface area contributed by atoms with Gasteiger partial charge in [0.15, 0.2) is 10.9 Å². The second-order valence-electron chi connectivity index (χ2n) is 7.22. The van der Waals surface area contributed by atoms with Crippen molar-refractivity contribution in [3.05, 3.63) is 35.7 Å². The molecule has 8 nitrogen and oxygen atoms in total. The van der Waals surface area contributed by atoms with E-state index in [1.165, 1.54) is 18.7 Å². The van der Waals surface area contributed by atoms with Gasteiger partial charge in [-0.15, -0.1) is 10.2 Å². The van der Waals surface area contributed by atoms with Crippen molar-refractivity contribution in [2.24, 2.45) is 11.7 Å². The van der Waals surface area contributed by atoms with Crippen LogP contribution in [-0.2, 0) is 22.6 Å². The molecule has 3 N–H and O–H groups in total. The SMILES string of the molecule is CC(=O)c1ccccc1NC(=O)[C@H](C)Sc1nnc(CCC(N)=O)n1CC(C)C. The van der Waals surface area contributed by atoms with Crippen LogP contribution in [0.4, 0.5) is 5.69 Å². The first-order valence-corrected chi connectivity index (χ1v) is 10.3. The van der Waals surface area contributed by atoms with E-state index in [4.69, 9.17) is 5.73 Å². The Morgan fingerprint density at radius 3 is 2.48 bits per heavy atom. The van der Waals surface area contributed by atoms with Crippen molar-refractivity contribution in [2.45, 2.75) is 57.5 Å². The molecule has 0 aliphatic rings. The third-order valence-electron chi connectivity index (χ3n) is 4.15. The van der Waals surface area contributed by atoms with Gasteiger partial charge in [-0.25, -0.2) is 0 Å². The van der Waals surface area contributed by atoms with Crippen LogP contribution < -0.4 is 11.1 Å². The lowest BCUT2D eigenvalue weighted by Gasteiger charge is -2.16. The minimum absolute atomic E-state index is 0.114. The average molecular weight is 418 g/mol. The first kappa shape index (κ1) is 22.6. The Morgan fingerprint density at radius 1 is 1.17 bits per heavy atom. The number of amides is 2. The number of Topliss-reactive ketones (excluding diaryl/α,β-unsaturated/α-hetero) is 1.